The van der Waals surface area contributed by atoms with Gasteiger partial charge in [0.15, 0.2) is 0 Å². The van der Waals surface area contributed by atoms with E-state index in [0.29, 0.717) is 12.0 Å². The van der Waals surface area contributed by atoms with Gasteiger partial charge in [0.05, 0.1) is 0 Å². The van der Waals surface area contributed by atoms with Gasteiger partial charge in [0.1, 0.15) is 11.3 Å². The van der Waals surface area contributed by atoms with E-state index in [1.54, 1.807) is 6.07 Å². The van der Waals surface area contributed by atoms with Gasteiger partial charge in [0.25, 0.3) is 0 Å². The highest BCUT2D eigenvalue weighted by Gasteiger charge is 2.47. The van der Waals surface area contributed by atoms with Crippen molar-refractivity contribution in [2.24, 2.45) is 0 Å². The Kier molecular flexibility index (Phi) is 2.61. The third kappa shape index (κ3) is 1.77. The lowest BCUT2D eigenvalue weighted by atomic mass is 9.81. The lowest BCUT2D eigenvalue weighted by molar-refractivity contribution is 0.0693. The van der Waals surface area contributed by atoms with E-state index in [9.17, 15) is 9.90 Å². The number of aromatic hydroxyl groups is 1. The molecule has 0 amide bonds. The van der Waals surface area contributed by atoms with Gasteiger partial charge < -0.3 is 20.3 Å². The molecule has 1 aliphatic carbocycles. The van der Waals surface area contributed by atoms with Gasteiger partial charge in [0.2, 0.25) is 0 Å². The number of carboxylic acid groups (broad SMARTS) is 1. The number of aromatic carboxylic acids is 1. The predicted molar refractivity (Wildman–Crippen MR) is 56.4 cm³/mol. The highest BCUT2D eigenvalue weighted by atomic mass is 16.4. The largest absolute Gasteiger partial charge is 0.507 e. The first-order valence-electron chi connectivity index (χ1n) is 4.93. The number of rotatable bonds is 3. The van der Waals surface area contributed by atoms with Crippen molar-refractivity contribution in [1.82, 2.24) is 0 Å². The van der Waals surface area contributed by atoms with Crippen molar-refractivity contribution in [3.05, 3.63) is 29.3 Å². The van der Waals surface area contributed by atoms with Crippen molar-refractivity contribution in [3.63, 3.8) is 0 Å². The first-order valence-corrected chi connectivity index (χ1v) is 4.93. The van der Waals surface area contributed by atoms with Crippen LogP contribution in [0.2, 0.25) is 5.82 Å². The standard InChI is InChI=1S/C10H11BO5/c12-9-5(7-4-8(7)11(15)16)2-1-3-6(9)10(13)14/h1-3,7-8,12,15-16H,4H2,(H,13,14)/t7-,8-/m1/s1. The SMILES string of the molecule is O=C(O)c1cccc([C@H]2C[C@H]2B(O)O)c1O. The fourth-order valence-electron chi connectivity index (χ4n) is 1.93. The van der Waals surface area contributed by atoms with Gasteiger partial charge >= 0.3 is 13.1 Å². The van der Waals surface area contributed by atoms with Crippen LogP contribution in [0.1, 0.15) is 28.3 Å². The molecule has 84 valence electrons. The molecule has 1 aliphatic rings. The Morgan fingerprint density at radius 1 is 1.38 bits per heavy atom. The van der Waals surface area contributed by atoms with Crippen LogP contribution in [0.25, 0.3) is 0 Å². The van der Waals surface area contributed by atoms with E-state index in [4.69, 9.17) is 15.2 Å². The molecular formula is C10H11BO5. The molecule has 1 fully saturated rings. The van der Waals surface area contributed by atoms with Crippen LogP contribution in [0, 0.1) is 0 Å². The van der Waals surface area contributed by atoms with Crippen molar-refractivity contribution < 1.29 is 25.1 Å². The Balaban J connectivity index is 2.30. The summed E-state index contributed by atoms with van der Waals surface area (Å²) in [7, 11) is -1.42. The Bertz CT molecular complexity index is 431. The molecule has 16 heavy (non-hydrogen) atoms. The molecule has 0 radical (unpaired) electrons. The Morgan fingerprint density at radius 3 is 2.56 bits per heavy atom. The number of phenols is 1. The summed E-state index contributed by atoms with van der Waals surface area (Å²) in [5.41, 5.74) is 0.313. The molecule has 0 unspecified atom stereocenters. The van der Waals surface area contributed by atoms with Gasteiger partial charge in [-0.3, -0.25) is 0 Å². The van der Waals surface area contributed by atoms with E-state index in [1.807, 2.05) is 0 Å². The third-order valence-corrected chi connectivity index (χ3v) is 2.92. The van der Waals surface area contributed by atoms with Crippen LogP contribution in [-0.4, -0.2) is 33.3 Å². The van der Waals surface area contributed by atoms with Crippen LogP contribution in [0.4, 0.5) is 0 Å². The van der Waals surface area contributed by atoms with E-state index < -0.39 is 13.1 Å². The second-order valence-electron chi connectivity index (χ2n) is 3.97. The molecule has 2 atom stereocenters. The van der Waals surface area contributed by atoms with Gasteiger partial charge in [0, 0.05) is 5.82 Å². The lowest BCUT2D eigenvalue weighted by Gasteiger charge is -2.06. The fraction of sp³-hybridized carbons (Fsp3) is 0.300. The van der Waals surface area contributed by atoms with Crippen LogP contribution in [0.15, 0.2) is 18.2 Å². The van der Waals surface area contributed by atoms with Crippen LogP contribution < -0.4 is 0 Å². The second kappa shape index (κ2) is 3.81. The average molecular weight is 222 g/mol. The minimum absolute atomic E-state index is 0.157. The monoisotopic (exact) mass is 222 g/mol. The molecule has 0 aliphatic heterocycles. The molecule has 4 N–H and O–H groups in total. The molecule has 0 aromatic heterocycles. The minimum atomic E-state index is -1.42. The molecule has 1 aromatic carbocycles. The van der Waals surface area contributed by atoms with E-state index in [2.05, 4.69) is 0 Å². The quantitative estimate of drug-likeness (QED) is 0.555. The Hall–Kier alpha value is -1.53. The molecule has 1 aromatic rings. The Morgan fingerprint density at radius 2 is 2.06 bits per heavy atom. The number of carboxylic acids is 1. The van der Waals surface area contributed by atoms with Gasteiger partial charge in [-0.2, -0.15) is 0 Å². The van der Waals surface area contributed by atoms with E-state index in [-0.39, 0.29) is 23.0 Å². The summed E-state index contributed by atoms with van der Waals surface area (Å²) in [4.78, 5) is 10.8. The van der Waals surface area contributed by atoms with Crippen LogP contribution >= 0.6 is 0 Å². The number of benzene rings is 1. The molecule has 5 nitrogen and oxygen atoms in total. The summed E-state index contributed by atoms with van der Waals surface area (Å²) in [6, 6.07) is 4.46. The predicted octanol–water partition coefficient (Wildman–Crippen LogP) is 0.421. The van der Waals surface area contributed by atoms with Crippen LogP contribution in [-0.2, 0) is 0 Å². The summed E-state index contributed by atoms with van der Waals surface area (Å²) in [6.07, 6.45) is 0.550. The molecule has 0 bridgehead atoms. The van der Waals surface area contributed by atoms with Crippen molar-refractivity contribution >= 4 is 13.1 Å². The van der Waals surface area contributed by atoms with E-state index in [0.717, 1.165) is 0 Å². The third-order valence-electron chi connectivity index (χ3n) is 2.92. The fourth-order valence-corrected chi connectivity index (χ4v) is 1.93. The molecule has 1 saturated carbocycles. The highest BCUT2D eigenvalue weighted by Crippen LogP contribution is 2.56. The number of para-hydroxylation sites is 1. The van der Waals surface area contributed by atoms with Crippen LogP contribution in [0.5, 0.6) is 5.75 Å². The van der Waals surface area contributed by atoms with Crippen molar-refractivity contribution in [3.8, 4) is 5.75 Å². The average Bonchev–Trinajstić information content (AvgIpc) is 2.97. The summed E-state index contributed by atoms with van der Waals surface area (Å²) in [6.45, 7) is 0. The van der Waals surface area contributed by atoms with E-state index in [1.165, 1.54) is 12.1 Å². The zero-order chi connectivity index (χ0) is 11.9. The van der Waals surface area contributed by atoms with Gasteiger partial charge in [-0.1, -0.05) is 12.1 Å². The number of hydrogen-bond acceptors (Lipinski definition) is 4. The first kappa shape index (κ1) is 11.0. The van der Waals surface area contributed by atoms with Gasteiger partial charge in [-0.25, -0.2) is 4.79 Å². The Labute approximate surface area is 92.1 Å². The summed E-state index contributed by atoms with van der Waals surface area (Å²) < 4.78 is 0. The zero-order valence-electron chi connectivity index (χ0n) is 8.37. The molecule has 0 saturated heterocycles. The van der Waals surface area contributed by atoms with Crippen molar-refractivity contribution in [2.75, 3.05) is 0 Å². The summed E-state index contributed by atoms with van der Waals surface area (Å²) >= 11 is 0. The maximum atomic E-state index is 10.8. The molecule has 0 heterocycles. The molecular weight excluding hydrogens is 211 g/mol. The summed E-state index contributed by atoms with van der Waals surface area (Å²) in [5, 5.41) is 36.4. The maximum absolute atomic E-state index is 10.8. The maximum Gasteiger partial charge on any atom is 0.455 e. The van der Waals surface area contributed by atoms with Crippen molar-refractivity contribution in [2.45, 2.75) is 18.2 Å². The lowest BCUT2D eigenvalue weighted by Crippen LogP contribution is -2.11. The molecule has 6 heteroatoms. The molecule has 2 rings (SSSR count). The topological polar surface area (TPSA) is 98.0 Å². The normalized spacial score (nSPS) is 22.9. The smallest absolute Gasteiger partial charge is 0.455 e. The number of carbonyl (C=O) groups is 1. The highest BCUT2D eigenvalue weighted by molar-refractivity contribution is 6.44. The summed E-state index contributed by atoms with van der Waals surface area (Å²) in [5.74, 6) is -1.95. The first-order chi connectivity index (χ1) is 7.52. The number of hydrogen-bond donors (Lipinski definition) is 4. The second-order valence-corrected chi connectivity index (χ2v) is 3.97. The van der Waals surface area contributed by atoms with Crippen LogP contribution in [0.3, 0.4) is 0 Å². The zero-order valence-corrected chi connectivity index (χ0v) is 8.37. The van der Waals surface area contributed by atoms with Gasteiger partial charge in [-0.15, -0.1) is 0 Å². The molecule has 0 spiro atoms. The van der Waals surface area contributed by atoms with Gasteiger partial charge in [-0.05, 0) is 24.0 Å². The van der Waals surface area contributed by atoms with E-state index >= 15 is 0 Å². The van der Waals surface area contributed by atoms with Crippen molar-refractivity contribution in [1.29, 1.82) is 0 Å². The minimum Gasteiger partial charge on any atom is -0.507 e.